The van der Waals surface area contributed by atoms with Crippen molar-refractivity contribution in [3.05, 3.63) is 140 Å². The van der Waals surface area contributed by atoms with Gasteiger partial charge in [-0.2, -0.15) is 0 Å². The minimum atomic E-state index is 0.918. The van der Waals surface area contributed by atoms with Crippen LogP contribution in [0.2, 0.25) is 0 Å². The van der Waals surface area contributed by atoms with Gasteiger partial charge in [0, 0.05) is 69.3 Å². The van der Waals surface area contributed by atoms with Gasteiger partial charge in [0.15, 0.2) is 0 Å². The summed E-state index contributed by atoms with van der Waals surface area (Å²) in [5.41, 5.74) is 9.55. The molecule has 0 N–H and O–H groups in total. The van der Waals surface area contributed by atoms with Crippen molar-refractivity contribution in [3.8, 4) is 16.8 Å². The number of rotatable bonds is 2. The molecular formula is C42H23NO2S. The minimum absolute atomic E-state index is 0.918. The van der Waals surface area contributed by atoms with Gasteiger partial charge >= 0.3 is 0 Å². The zero-order valence-corrected chi connectivity index (χ0v) is 25.3. The Balaban J connectivity index is 1.17. The van der Waals surface area contributed by atoms with Crippen LogP contribution in [0, 0.1) is 0 Å². The Morgan fingerprint density at radius 2 is 1.11 bits per heavy atom. The van der Waals surface area contributed by atoms with Crippen molar-refractivity contribution < 1.29 is 8.83 Å². The number of thiophene rings is 1. The molecule has 0 fully saturated rings. The number of furan rings is 2. The van der Waals surface area contributed by atoms with Gasteiger partial charge in [0.1, 0.15) is 22.3 Å². The lowest BCUT2D eigenvalue weighted by Crippen LogP contribution is -1.93. The highest BCUT2D eigenvalue weighted by Crippen LogP contribution is 2.45. The summed E-state index contributed by atoms with van der Waals surface area (Å²) in [4.78, 5) is 0. The van der Waals surface area contributed by atoms with Crippen LogP contribution in [0.1, 0.15) is 0 Å². The summed E-state index contributed by atoms with van der Waals surface area (Å²) in [5, 5.41) is 9.52. The molecule has 0 aliphatic rings. The molecule has 3 nitrogen and oxygen atoms in total. The maximum absolute atomic E-state index is 6.46. The molecule has 0 aliphatic heterocycles. The number of para-hydroxylation sites is 4. The number of fused-ring (bicyclic) bond motifs is 12. The fourth-order valence-electron chi connectivity index (χ4n) is 7.56. The Bertz CT molecular complexity index is 3040. The van der Waals surface area contributed by atoms with Gasteiger partial charge in [-0.25, -0.2) is 0 Å². The maximum atomic E-state index is 6.46. The van der Waals surface area contributed by atoms with E-state index >= 15 is 0 Å². The first kappa shape index (κ1) is 24.5. The van der Waals surface area contributed by atoms with Crippen LogP contribution in [-0.2, 0) is 0 Å². The van der Waals surface area contributed by atoms with Crippen molar-refractivity contribution >= 4 is 97.2 Å². The van der Waals surface area contributed by atoms with Crippen molar-refractivity contribution in [1.82, 2.24) is 4.57 Å². The molecule has 46 heavy (non-hydrogen) atoms. The molecule has 0 bridgehead atoms. The molecule has 11 rings (SSSR count). The predicted molar refractivity (Wildman–Crippen MR) is 194 cm³/mol. The van der Waals surface area contributed by atoms with E-state index in [1.54, 1.807) is 0 Å². The van der Waals surface area contributed by atoms with Crippen LogP contribution in [0.25, 0.3) is 103 Å². The van der Waals surface area contributed by atoms with E-state index in [1.165, 1.54) is 47.5 Å². The smallest absolute Gasteiger partial charge is 0.143 e. The van der Waals surface area contributed by atoms with Crippen molar-refractivity contribution in [1.29, 1.82) is 0 Å². The van der Waals surface area contributed by atoms with Crippen LogP contribution in [-0.4, -0.2) is 4.57 Å². The van der Waals surface area contributed by atoms with Gasteiger partial charge in [0.2, 0.25) is 0 Å². The Kier molecular flexibility index (Phi) is 4.72. The third kappa shape index (κ3) is 3.21. The molecule has 0 unspecified atom stereocenters. The topological polar surface area (TPSA) is 31.2 Å². The Hall–Kier alpha value is -5.84. The fraction of sp³-hybridized carbons (Fsp3) is 0. The second kappa shape index (κ2) is 8.87. The van der Waals surface area contributed by atoms with Crippen molar-refractivity contribution in [3.63, 3.8) is 0 Å². The van der Waals surface area contributed by atoms with Crippen LogP contribution in [0.15, 0.2) is 148 Å². The van der Waals surface area contributed by atoms with E-state index in [9.17, 15) is 0 Å². The largest absolute Gasteiger partial charge is 0.456 e. The Morgan fingerprint density at radius 1 is 0.413 bits per heavy atom. The molecule has 4 heterocycles. The monoisotopic (exact) mass is 605 g/mol. The van der Waals surface area contributed by atoms with E-state index in [1.807, 2.05) is 29.5 Å². The molecule has 4 heteroatoms. The van der Waals surface area contributed by atoms with Gasteiger partial charge in [0.25, 0.3) is 0 Å². The predicted octanol–water partition coefficient (Wildman–Crippen LogP) is 12.6. The number of nitrogens with zero attached hydrogens (tertiary/aromatic N) is 1. The van der Waals surface area contributed by atoms with Gasteiger partial charge in [-0.15, -0.1) is 11.3 Å². The summed E-state index contributed by atoms with van der Waals surface area (Å²) in [6, 6.07) is 49.9. The molecule has 11 aromatic rings. The third-order valence-corrected chi connectivity index (χ3v) is 10.8. The average Bonchev–Trinajstić information content (AvgIpc) is 3.85. The summed E-state index contributed by atoms with van der Waals surface area (Å²) in [6.07, 6.45) is 0. The summed E-state index contributed by atoms with van der Waals surface area (Å²) < 4.78 is 17.7. The lowest BCUT2D eigenvalue weighted by atomic mass is 10.00. The molecule has 0 saturated heterocycles. The maximum Gasteiger partial charge on any atom is 0.143 e. The quantitative estimate of drug-likeness (QED) is 0.196. The summed E-state index contributed by atoms with van der Waals surface area (Å²) in [5.74, 6) is 0. The SMILES string of the molecule is c1ccc2c(c1)oc1cc3c4ccccc4n(-c4ccc5sc6c(-c7cccc8c7oc7ccccc78)cccc6c5c4)c3cc12. The van der Waals surface area contributed by atoms with Crippen LogP contribution >= 0.6 is 11.3 Å². The van der Waals surface area contributed by atoms with Gasteiger partial charge in [-0.3, -0.25) is 0 Å². The first-order valence-corrected chi connectivity index (χ1v) is 16.3. The molecule has 0 amide bonds. The van der Waals surface area contributed by atoms with Gasteiger partial charge in [0.05, 0.1) is 11.0 Å². The minimum Gasteiger partial charge on any atom is -0.456 e. The van der Waals surface area contributed by atoms with Gasteiger partial charge < -0.3 is 13.4 Å². The number of aromatic nitrogens is 1. The summed E-state index contributed by atoms with van der Waals surface area (Å²) in [7, 11) is 0. The second-order valence-corrected chi connectivity index (χ2v) is 13.1. The molecule has 0 radical (unpaired) electrons. The number of benzene rings is 7. The highest BCUT2D eigenvalue weighted by molar-refractivity contribution is 7.26. The van der Waals surface area contributed by atoms with E-state index in [2.05, 4.69) is 126 Å². The number of hydrogen-bond donors (Lipinski definition) is 0. The van der Waals surface area contributed by atoms with Crippen molar-refractivity contribution in [2.75, 3.05) is 0 Å². The normalized spacial score (nSPS) is 12.3. The van der Waals surface area contributed by atoms with Crippen molar-refractivity contribution in [2.45, 2.75) is 0 Å². The average molecular weight is 606 g/mol. The van der Waals surface area contributed by atoms with Gasteiger partial charge in [-0.05, 0) is 48.5 Å². The summed E-state index contributed by atoms with van der Waals surface area (Å²) >= 11 is 1.85. The third-order valence-electron chi connectivity index (χ3n) is 9.60. The molecule has 214 valence electrons. The fourth-order valence-corrected chi connectivity index (χ4v) is 8.77. The first-order chi connectivity index (χ1) is 22.8. The van der Waals surface area contributed by atoms with Crippen molar-refractivity contribution in [2.24, 2.45) is 0 Å². The molecule has 0 saturated carbocycles. The highest BCUT2D eigenvalue weighted by atomic mass is 32.1. The Labute approximate surface area is 266 Å². The van der Waals surface area contributed by atoms with E-state index in [0.717, 1.165) is 55.1 Å². The zero-order valence-electron chi connectivity index (χ0n) is 24.5. The van der Waals surface area contributed by atoms with Crippen LogP contribution in [0.3, 0.4) is 0 Å². The molecular weight excluding hydrogens is 583 g/mol. The van der Waals surface area contributed by atoms with E-state index in [-0.39, 0.29) is 0 Å². The van der Waals surface area contributed by atoms with Crippen LogP contribution in [0.5, 0.6) is 0 Å². The highest BCUT2D eigenvalue weighted by Gasteiger charge is 2.19. The molecule has 0 aliphatic carbocycles. The standard InChI is InChI=1S/C42H23NO2S/c1-4-16-35-25(9-1)32-23-39-33(27-11-3-5-17-37(27)44-39)22-36(32)43(35)24-19-20-40-34(21-24)31-15-8-14-30(42(31)46-40)29-13-7-12-28-26-10-2-6-18-38(26)45-41(28)29/h1-23H. The molecule has 4 aromatic heterocycles. The van der Waals surface area contributed by atoms with E-state index in [4.69, 9.17) is 8.83 Å². The first-order valence-electron chi connectivity index (χ1n) is 15.5. The molecule has 0 atom stereocenters. The van der Waals surface area contributed by atoms with E-state index < -0.39 is 0 Å². The summed E-state index contributed by atoms with van der Waals surface area (Å²) in [6.45, 7) is 0. The van der Waals surface area contributed by atoms with Crippen LogP contribution < -0.4 is 0 Å². The lowest BCUT2D eigenvalue weighted by molar-refractivity contribution is 0.669. The zero-order chi connectivity index (χ0) is 29.9. The van der Waals surface area contributed by atoms with Crippen LogP contribution in [0.4, 0.5) is 0 Å². The molecule has 0 spiro atoms. The Morgan fingerprint density at radius 3 is 1.98 bits per heavy atom. The van der Waals surface area contributed by atoms with E-state index in [0.29, 0.717) is 0 Å². The van der Waals surface area contributed by atoms with Gasteiger partial charge in [-0.1, -0.05) is 91.0 Å². The molecule has 7 aromatic carbocycles. The number of hydrogen-bond acceptors (Lipinski definition) is 3. The lowest BCUT2D eigenvalue weighted by Gasteiger charge is -2.08. The second-order valence-electron chi connectivity index (χ2n) is 12.1.